The van der Waals surface area contributed by atoms with E-state index in [1.165, 1.54) is 19.4 Å². The highest BCUT2D eigenvalue weighted by molar-refractivity contribution is 5.93. The Bertz CT molecular complexity index is 426. The molecule has 2 rings (SSSR count). The Labute approximate surface area is 114 Å². The van der Waals surface area contributed by atoms with Crippen LogP contribution >= 0.6 is 0 Å². The average Bonchev–Trinajstić information content (AvgIpc) is 2.45. The van der Waals surface area contributed by atoms with Gasteiger partial charge in [-0.3, -0.25) is 0 Å². The third-order valence-electron chi connectivity index (χ3n) is 3.82. The molecule has 1 saturated heterocycles. The maximum absolute atomic E-state index is 11.1. The van der Waals surface area contributed by atoms with E-state index in [-0.39, 0.29) is 0 Å². The molecule has 0 aliphatic carbocycles. The molecule has 1 aliphatic heterocycles. The van der Waals surface area contributed by atoms with Crippen LogP contribution in [-0.4, -0.2) is 38.7 Å². The number of carboxylic acids is 1. The minimum absolute atomic E-state index is 0.305. The molecule has 19 heavy (non-hydrogen) atoms. The Morgan fingerprint density at radius 2 is 2.00 bits per heavy atom. The topological polar surface area (TPSA) is 47.8 Å². The number of rotatable bonds is 5. The normalized spacial score (nSPS) is 16.6. The number of benzene rings is 1. The van der Waals surface area contributed by atoms with Crippen LogP contribution in [0.2, 0.25) is 0 Å². The van der Waals surface area contributed by atoms with Crippen LogP contribution < -0.4 is 14.9 Å². The van der Waals surface area contributed by atoms with Gasteiger partial charge in [-0.15, -0.1) is 0 Å². The molecule has 1 fully saturated rings. The van der Waals surface area contributed by atoms with Crippen LogP contribution in [-0.2, 0) is 0 Å². The van der Waals surface area contributed by atoms with Crippen LogP contribution in [0.5, 0.6) is 0 Å². The summed E-state index contributed by atoms with van der Waals surface area (Å²) in [5.74, 6) is -1.09. The molecule has 0 aromatic heterocycles. The highest BCUT2D eigenvalue weighted by atomic mass is 16.4. The molecule has 0 saturated carbocycles. The van der Waals surface area contributed by atoms with E-state index in [0.29, 0.717) is 5.56 Å². The van der Waals surface area contributed by atoms with E-state index >= 15 is 0 Å². The first-order chi connectivity index (χ1) is 9.22. The van der Waals surface area contributed by atoms with Gasteiger partial charge in [0.1, 0.15) is 0 Å². The standard InChI is InChI=1S/C15H22N2O2/c1-2-3-8-16-9-11-17(12-10-16)14-7-5-4-6-13(14)15(18)19/h4-7H,2-3,8-12H2,1H3,(H,18,19). The van der Waals surface area contributed by atoms with Crippen LogP contribution in [0.4, 0.5) is 5.69 Å². The molecule has 1 aromatic carbocycles. The zero-order valence-corrected chi connectivity index (χ0v) is 11.5. The van der Waals surface area contributed by atoms with Crippen molar-refractivity contribution in [3.05, 3.63) is 29.8 Å². The van der Waals surface area contributed by atoms with E-state index in [1.807, 2.05) is 12.1 Å². The van der Waals surface area contributed by atoms with Crippen molar-refractivity contribution < 1.29 is 14.8 Å². The average molecular weight is 262 g/mol. The first kappa shape index (κ1) is 13.9. The van der Waals surface area contributed by atoms with Crippen LogP contribution in [0.3, 0.4) is 0 Å². The monoisotopic (exact) mass is 262 g/mol. The maximum atomic E-state index is 11.1. The van der Waals surface area contributed by atoms with Crippen molar-refractivity contribution in [3.8, 4) is 0 Å². The van der Waals surface area contributed by atoms with Crippen LogP contribution in [0.25, 0.3) is 0 Å². The van der Waals surface area contributed by atoms with Crippen LogP contribution in [0, 0.1) is 0 Å². The Hall–Kier alpha value is -1.55. The van der Waals surface area contributed by atoms with Gasteiger partial charge in [0, 0.05) is 11.3 Å². The van der Waals surface area contributed by atoms with Gasteiger partial charge in [0.05, 0.1) is 38.7 Å². The van der Waals surface area contributed by atoms with Gasteiger partial charge in [-0.1, -0.05) is 31.5 Å². The number of nitrogens with zero attached hydrogens (tertiary/aromatic N) is 1. The van der Waals surface area contributed by atoms with E-state index in [4.69, 9.17) is 0 Å². The molecular formula is C15H22N2O2. The Kier molecular flexibility index (Phi) is 4.80. The number of hydrogen-bond acceptors (Lipinski definition) is 3. The number of quaternary nitrogens is 1. The quantitative estimate of drug-likeness (QED) is 0.782. The Balaban J connectivity index is 2.00. The van der Waals surface area contributed by atoms with Gasteiger partial charge in [0.15, 0.2) is 0 Å². The lowest BCUT2D eigenvalue weighted by Gasteiger charge is -2.34. The van der Waals surface area contributed by atoms with E-state index in [0.717, 1.165) is 31.9 Å². The molecule has 4 heteroatoms. The molecule has 0 atom stereocenters. The lowest BCUT2D eigenvalue weighted by atomic mass is 10.1. The lowest BCUT2D eigenvalue weighted by molar-refractivity contribution is -0.900. The van der Waals surface area contributed by atoms with Gasteiger partial charge in [-0.25, -0.2) is 0 Å². The van der Waals surface area contributed by atoms with Crippen molar-refractivity contribution in [1.29, 1.82) is 0 Å². The second-order valence-electron chi connectivity index (χ2n) is 5.15. The second-order valence-corrected chi connectivity index (χ2v) is 5.15. The van der Waals surface area contributed by atoms with Gasteiger partial charge in [0.2, 0.25) is 0 Å². The molecule has 1 N–H and O–H groups in total. The molecule has 0 unspecified atom stereocenters. The summed E-state index contributed by atoms with van der Waals surface area (Å²) in [6, 6.07) is 7.14. The van der Waals surface area contributed by atoms with Crippen molar-refractivity contribution in [1.82, 2.24) is 0 Å². The highest BCUT2D eigenvalue weighted by Gasteiger charge is 2.21. The van der Waals surface area contributed by atoms with Gasteiger partial charge >= 0.3 is 0 Å². The van der Waals surface area contributed by atoms with Crippen LogP contribution in [0.1, 0.15) is 30.1 Å². The third-order valence-corrected chi connectivity index (χ3v) is 3.82. The minimum atomic E-state index is -1.09. The summed E-state index contributed by atoms with van der Waals surface area (Å²) in [7, 11) is 0. The summed E-state index contributed by atoms with van der Waals surface area (Å²) in [4.78, 5) is 14.9. The van der Waals surface area contributed by atoms with Gasteiger partial charge < -0.3 is 19.7 Å². The second kappa shape index (κ2) is 6.57. The molecule has 0 spiro atoms. The number of anilines is 1. The van der Waals surface area contributed by atoms with E-state index < -0.39 is 5.97 Å². The van der Waals surface area contributed by atoms with Crippen molar-refractivity contribution in [2.24, 2.45) is 0 Å². The minimum Gasteiger partial charge on any atom is -0.545 e. The van der Waals surface area contributed by atoms with Crippen molar-refractivity contribution in [2.75, 3.05) is 37.6 Å². The first-order valence-corrected chi connectivity index (χ1v) is 7.11. The third kappa shape index (κ3) is 3.47. The fraction of sp³-hybridized carbons (Fsp3) is 0.533. The number of nitrogens with one attached hydrogen (secondary N) is 1. The highest BCUT2D eigenvalue weighted by Crippen LogP contribution is 2.19. The summed E-state index contributed by atoms with van der Waals surface area (Å²) in [5.41, 5.74) is 1.11. The van der Waals surface area contributed by atoms with Crippen molar-refractivity contribution >= 4 is 11.7 Å². The predicted octanol–water partition coefficient (Wildman–Crippen LogP) is -0.445. The molecule has 1 aromatic rings. The van der Waals surface area contributed by atoms with E-state index in [9.17, 15) is 9.90 Å². The van der Waals surface area contributed by atoms with E-state index in [2.05, 4.69) is 11.8 Å². The zero-order valence-electron chi connectivity index (χ0n) is 11.5. The summed E-state index contributed by atoms with van der Waals surface area (Å²) < 4.78 is 0. The number of piperazine rings is 1. The molecule has 0 bridgehead atoms. The summed E-state index contributed by atoms with van der Waals surface area (Å²) >= 11 is 0. The zero-order chi connectivity index (χ0) is 13.7. The van der Waals surface area contributed by atoms with Crippen molar-refractivity contribution in [2.45, 2.75) is 19.8 Å². The maximum Gasteiger partial charge on any atom is 0.0949 e. The van der Waals surface area contributed by atoms with Crippen molar-refractivity contribution in [3.63, 3.8) is 0 Å². The molecule has 4 nitrogen and oxygen atoms in total. The predicted molar refractivity (Wildman–Crippen MR) is 73.5 cm³/mol. The number of para-hydroxylation sites is 1. The molecule has 0 radical (unpaired) electrons. The summed E-state index contributed by atoms with van der Waals surface area (Å²) in [6.07, 6.45) is 2.51. The smallest absolute Gasteiger partial charge is 0.0949 e. The number of carbonyl (C=O) groups is 1. The molecule has 0 amide bonds. The molecular weight excluding hydrogens is 240 g/mol. The van der Waals surface area contributed by atoms with E-state index in [1.54, 1.807) is 17.0 Å². The Morgan fingerprint density at radius 1 is 1.32 bits per heavy atom. The summed E-state index contributed by atoms with van der Waals surface area (Å²) in [5, 5.41) is 11.1. The van der Waals surface area contributed by atoms with Gasteiger partial charge in [-0.05, 0) is 12.5 Å². The molecule has 1 heterocycles. The number of aromatic carboxylic acids is 1. The Morgan fingerprint density at radius 3 is 2.63 bits per heavy atom. The largest absolute Gasteiger partial charge is 0.545 e. The van der Waals surface area contributed by atoms with Gasteiger partial charge in [-0.2, -0.15) is 0 Å². The fourth-order valence-electron chi connectivity index (χ4n) is 2.66. The number of hydrogen-bond donors (Lipinski definition) is 1. The summed E-state index contributed by atoms with van der Waals surface area (Å²) in [6.45, 7) is 7.45. The molecule has 104 valence electrons. The first-order valence-electron chi connectivity index (χ1n) is 7.11. The lowest BCUT2D eigenvalue weighted by Crippen LogP contribution is -3.14. The fourth-order valence-corrected chi connectivity index (χ4v) is 2.66. The van der Waals surface area contributed by atoms with Gasteiger partial charge in [0.25, 0.3) is 0 Å². The molecule has 1 aliphatic rings. The number of carboxylic acid groups (broad SMARTS) is 1. The number of unbranched alkanes of at least 4 members (excludes halogenated alkanes) is 1. The SMILES string of the molecule is CCCC[NH+]1CCN(c2ccccc2C(=O)[O-])CC1. The number of carbonyl (C=O) groups excluding carboxylic acids is 1. The van der Waals surface area contributed by atoms with Crippen LogP contribution in [0.15, 0.2) is 24.3 Å².